The predicted octanol–water partition coefficient (Wildman–Crippen LogP) is 2.97. The van der Waals surface area contributed by atoms with E-state index in [9.17, 15) is 4.79 Å². The lowest BCUT2D eigenvalue weighted by atomic mass is 10.3. The number of urea groups is 1. The summed E-state index contributed by atoms with van der Waals surface area (Å²) in [6.07, 6.45) is 8.79. The van der Waals surface area contributed by atoms with Gasteiger partial charge >= 0.3 is 6.03 Å². The minimum atomic E-state index is -0.00430. The van der Waals surface area contributed by atoms with Crippen molar-refractivity contribution in [1.82, 2.24) is 19.8 Å². The highest BCUT2D eigenvalue weighted by atomic mass is 16.3. The van der Waals surface area contributed by atoms with Crippen LogP contribution in [0.15, 0.2) is 35.3 Å². The van der Waals surface area contributed by atoms with Crippen LogP contribution in [-0.4, -0.2) is 33.1 Å². The largest absolute Gasteiger partial charge is 0.464 e. The highest BCUT2D eigenvalue weighted by molar-refractivity contribution is 5.74. The van der Waals surface area contributed by atoms with Crippen LogP contribution >= 0.6 is 0 Å². The topological polar surface area (TPSA) is 63.3 Å². The van der Waals surface area contributed by atoms with E-state index in [1.165, 1.54) is 6.42 Å². The third kappa shape index (κ3) is 3.47. The lowest BCUT2D eigenvalue weighted by molar-refractivity contribution is 0.186. The molecule has 2 aromatic rings. The summed E-state index contributed by atoms with van der Waals surface area (Å²) in [6.45, 7) is 4.13. The smallest absolute Gasteiger partial charge is 0.318 e. The van der Waals surface area contributed by atoms with Crippen LogP contribution in [0.1, 0.15) is 43.6 Å². The van der Waals surface area contributed by atoms with Crippen molar-refractivity contribution < 1.29 is 9.21 Å². The van der Waals surface area contributed by atoms with Gasteiger partial charge in [-0.25, -0.2) is 9.78 Å². The minimum Gasteiger partial charge on any atom is -0.464 e. The molecule has 2 atom stereocenters. The van der Waals surface area contributed by atoms with Crippen molar-refractivity contribution in [1.29, 1.82) is 0 Å². The van der Waals surface area contributed by atoms with E-state index in [4.69, 9.17) is 4.42 Å². The van der Waals surface area contributed by atoms with Crippen molar-refractivity contribution in [3.05, 3.63) is 42.4 Å². The fourth-order valence-corrected chi connectivity index (χ4v) is 3.13. The number of amides is 2. The Balaban J connectivity index is 1.32. The van der Waals surface area contributed by atoms with Crippen LogP contribution in [0.25, 0.3) is 0 Å². The zero-order chi connectivity index (χ0) is 16.5. The maximum Gasteiger partial charge on any atom is 0.318 e. The molecule has 2 aromatic heterocycles. The first-order valence-electron chi connectivity index (χ1n) is 8.79. The Morgan fingerprint density at radius 1 is 1.46 bits per heavy atom. The molecule has 0 unspecified atom stereocenters. The first-order valence-corrected chi connectivity index (χ1v) is 8.79. The SMILES string of the molecule is C[C@@H]1C[C@@H]1c1ccc(CN(C(=O)NCCn2ccnc2)C2CC2)o1. The average Bonchev–Trinajstić information content (AvgIpc) is 3.43. The minimum absolute atomic E-state index is 0.00430. The highest BCUT2D eigenvalue weighted by Crippen LogP contribution is 2.47. The van der Waals surface area contributed by atoms with Gasteiger partial charge in [0.25, 0.3) is 0 Å². The Kier molecular flexibility index (Phi) is 4.04. The Labute approximate surface area is 141 Å². The summed E-state index contributed by atoms with van der Waals surface area (Å²) < 4.78 is 7.92. The third-order valence-corrected chi connectivity index (χ3v) is 4.94. The van der Waals surface area contributed by atoms with Gasteiger partial charge in [0.15, 0.2) is 0 Å². The number of carbonyl (C=O) groups excluding carboxylic acids is 1. The molecule has 0 bridgehead atoms. The molecule has 6 nitrogen and oxygen atoms in total. The monoisotopic (exact) mass is 328 g/mol. The van der Waals surface area contributed by atoms with Gasteiger partial charge in [0.05, 0.1) is 12.9 Å². The van der Waals surface area contributed by atoms with Gasteiger partial charge in [-0.05, 0) is 37.3 Å². The summed E-state index contributed by atoms with van der Waals surface area (Å²) in [5, 5.41) is 3.01. The van der Waals surface area contributed by atoms with Crippen LogP contribution in [0.3, 0.4) is 0 Å². The molecule has 0 aliphatic heterocycles. The number of nitrogens with one attached hydrogen (secondary N) is 1. The van der Waals surface area contributed by atoms with Gasteiger partial charge in [-0.1, -0.05) is 6.92 Å². The lowest BCUT2D eigenvalue weighted by Crippen LogP contribution is -2.41. The zero-order valence-electron chi connectivity index (χ0n) is 14.0. The second kappa shape index (κ2) is 6.34. The van der Waals surface area contributed by atoms with E-state index in [1.807, 2.05) is 21.7 Å². The van der Waals surface area contributed by atoms with Crippen LogP contribution in [0.4, 0.5) is 4.79 Å². The molecule has 4 rings (SSSR count). The Morgan fingerprint density at radius 2 is 2.29 bits per heavy atom. The molecule has 128 valence electrons. The molecule has 2 fully saturated rings. The van der Waals surface area contributed by atoms with E-state index in [1.54, 1.807) is 12.5 Å². The molecular formula is C18H24N4O2. The Hall–Kier alpha value is -2.24. The van der Waals surface area contributed by atoms with E-state index >= 15 is 0 Å². The van der Waals surface area contributed by atoms with Gasteiger partial charge in [0.2, 0.25) is 0 Å². The van der Waals surface area contributed by atoms with Gasteiger partial charge < -0.3 is 19.2 Å². The van der Waals surface area contributed by atoms with E-state index in [-0.39, 0.29) is 6.03 Å². The predicted molar refractivity (Wildman–Crippen MR) is 89.4 cm³/mol. The van der Waals surface area contributed by atoms with Crippen LogP contribution in [0.5, 0.6) is 0 Å². The van der Waals surface area contributed by atoms with E-state index in [2.05, 4.69) is 23.3 Å². The van der Waals surface area contributed by atoms with Gasteiger partial charge in [0, 0.05) is 37.4 Å². The van der Waals surface area contributed by atoms with Crippen molar-refractivity contribution >= 4 is 6.03 Å². The molecule has 2 aliphatic carbocycles. The number of aromatic nitrogens is 2. The summed E-state index contributed by atoms with van der Waals surface area (Å²) in [4.78, 5) is 18.4. The summed E-state index contributed by atoms with van der Waals surface area (Å²) in [5.41, 5.74) is 0. The normalized spacial score (nSPS) is 22.4. The van der Waals surface area contributed by atoms with Crippen LogP contribution in [-0.2, 0) is 13.1 Å². The molecule has 1 N–H and O–H groups in total. The van der Waals surface area contributed by atoms with Crippen LogP contribution < -0.4 is 5.32 Å². The summed E-state index contributed by atoms with van der Waals surface area (Å²) in [5.74, 6) is 3.28. The van der Waals surface area contributed by atoms with E-state index in [0.717, 1.165) is 36.8 Å². The number of rotatable bonds is 7. The van der Waals surface area contributed by atoms with Crippen molar-refractivity contribution in [3.8, 4) is 0 Å². The van der Waals surface area contributed by atoms with Gasteiger partial charge in [-0.3, -0.25) is 0 Å². The molecule has 0 saturated heterocycles. The summed E-state index contributed by atoms with van der Waals surface area (Å²) in [6, 6.07) is 4.45. The molecule has 2 heterocycles. The molecule has 2 amide bonds. The van der Waals surface area contributed by atoms with Crippen molar-refractivity contribution in [2.75, 3.05) is 6.54 Å². The molecule has 0 aromatic carbocycles. The number of furan rings is 1. The first kappa shape index (κ1) is 15.3. The summed E-state index contributed by atoms with van der Waals surface area (Å²) >= 11 is 0. The number of hydrogen-bond acceptors (Lipinski definition) is 3. The van der Waals surface area contributed by atoms with E-state index < -0.39 is 0 Å². The molecule has 2 aliphatic rings. The first-order chi connectivity index (χ1) is 11.7. The molecule has 24 heavy (non-hydrogen) atoms. The van der Waals surface area contributed by atoms with Gasteiger partial charge in [-0.2, -0.15) is 0 Å². The molecule has 6 heteroatoms. The maximum atomic E-state index is 12.5. The van der Waals surface area contributed by atoms with Crippen molar-refractivity contribution in [3.63, 3.8) is 0 Å². The van der Waals surface area contributed by atoms with Crippen LogP contribution in [0, 0.1) is 5.92 Å². The Bertz CT molecular complexity index is 690. The fraction of sp³-hybridized carbons (Fsp3) is 0.556. The summed E-state index contributed by atoms with van der Waals surface area (Å²) in [7, 11) is 0. The van der Waals surface area contributed by atoms with Crippen LogP contribution in [0.2, 0.25) is 0 Å². The number of imidazole rings is 1. The number of nitrogens with zero attached hydrogens (tertiary/aromatic N) is 3. The highest BCUT2D eigenvalue weighted by Gasteiger charge is 2.37. The third-order valence-electron chi connectivity index (χ3n) is 4.94. The van der Waals surface area contributed by atoms with Crippen molar-refractivity contribution in [2.24, 2.45) is 5.92 Å². The van der Waals surface area contributed by atoms with Crippen molar-refractivity contribution in [2.45, 2.75) is 51.2 Å². The molecule has 2 saturated carbocycles. The second-order valence-electron chi connectivity index (χ2n) is 7.02. The maximum absolute atomic E-state index is 12.5. The molecule has 0 spiro atoms. The fourth-order valence-electron chi connectivity index (χ4n) is 3.13. The zero-order valence-corrected chi connectivity index (χ0v) is 14.0. The lowest BCUT2D eigenvalue weighted by Gasteiger charge is -2.22. The quantitative estimate of drug-likeness (QED) is 0.850. The molecular weight excluding hydrogens is 304 g/mol. The van der Waals surface area contributed by atoms with Gasteiger partial charge in [-0.15, -0.1) is 0 Å². The average molecular weight is 328 g/mol. The standard InChI is InChI=1S/C18H24N4O2/c1-13-10-16(13)17-5-4-15(24-17)11-22(14-2-3-14)18(23)20-7-9-21-8-6-19-12-21/h4-6,8,12-14,16H,2-3,7,9-11H2,1H3,(H,20,23)/t13-,16+/m1/s1. The molecule has 0 radical (unpaired) electrons. The van der Waals surface area contributed by atoms with E-state index in [0.29, 0.717) is 25.0 Å². The number of carbonyl (C=O) groups is 1. The van der Waals surface area contributed by atoms with Gasteiger partial charge in [0.1, 0.15) is 11.5 Å². The Morgan fingerprint density at radius 3 is 2.96 bits per heavy atom. The second-order valence-corrected chi connectivity index (χ2v) is 7.02. The number of hydrogen-bond donors (Lipinski definition) is 1.